The van der Waals surface area contributed by atoms with Crippen LogP contribution in [0, 0.1) is 12.8 Å². The second-order valence-electron chi connectivity index (χ2n) is 5.46. The molecule has 1 amide bonds. The monoisotopic (exact) mass is 374 g/mol. The Balaban J connectivity index is 0.00000220. The number of nitrogens with one attached hydrogen (secondary N) is 1. The minimum absolute atomic E-state index is 0. The Bertz CT molecular complexity index is 473. The van der Waals surface area contributed by atoms with E-state index < -0.39 is 0 Å². The van der Waals surface area contributed by atoms with Crippen LogP contribution in [-0.2, 0) is 0 Å². The number of benzene rings is 1. The lowest BCUT2D eigenvalue weighted by atomic mass is 9.96. The van der Waals surface area contributed by atoms with Gasteiger partial charge in [0.25, 0.3) is 5.91 Å². The second kappa shape index (κ2) is 8.76. The van der Waals surface area contributed by atoms with Crippen LogP contribution in [0.3, 0.4) is 0 Å². The van der Waals surface area contributed by atoms with Crippen molar-refractivity contribution in [3.8, 4) is 0 Å². The average Bonchev–Trinajstić information content (AvgIpc) is 2.48. The molecule has 1 aliphatic heterocycles. The molecule has 0 spiro atoms. The van der Waals surface area contributed by atoms with Crippen LogP contribution in [0.2, 0.25) is 0 Å². The molecular weight excluding hydrogens is 352 g/mol. The Morgan fingerprint density at radius 2 is 2.05 bits per heavy atom. The number of hydrogen-bond donors (Lipinski definition) is 1. The van der Waals surface area contributed by atoms with Gasteiger partial charge in [0.05, 0.1) is 0 Å². The maximum Gasteiger partial charge on any atom is 0.254 e. The average molecular weight is 376 g/mol. The molecule has 1 aliphatic rings. The molecule has 3 nitrogen and oxygen atoms in total. The summed E-state index contributed by atoms with van der Waals surface area (Å²) in [5.41, 5.74) is 1.86. The Morgan fingerprint density at radius 3 is 2.67 bits per heavy atom. The highest BCUT2D eigenvalue weighted by molar-refractivity contribution is 9.10. The summed E-state index contributed by atoms with van der Waals surface area (Å²) < 4.78 is 1.00. The maximum absolute atomic E-state index is 12.6. The number of carbonyl (C=O) groups excluding carboxylic acids is 1. The van der Waals surface area contributed by atoms with Crippen LogP contribution >= 0.6 is 28.3 Å². The van der Waals surface area contributed by atoms with Crippen LogP contribution in [0.25, 0.3) is 0 Å². The van der Waals surface area contributed by atoms with E-state index in [1.165, 1.54) is 0 Å². The molecule has 21 heavy (non-hydrogen) atoms. The molecule has 0 atom stereocenters. The predicted molar refractivity (Wildman–Crippen MR) is 93.3 cm³/mol. The van der Waals surface area contributed by atoms with Gasteiger partial charge in [0.1, 0.15) is 0 Å². The zero-order valence-electron chi connectivity index (χ0n) is 12.7. The fourth-order valence-electron chi connectivity index (χ4n) is 2.70. The van der Waals surface area contributed by atoms with Crippen LogP contribution in [0.15, 0.2) is 22.7 Å². The van der Waals surface area contributed by atoms with Crippen molar-refractivity contribution in [2.24, 2.45) is 5.92 Å². The van der Waals surface area contributed by atoms with Gasteiger partial charge in [0.2, 0.25) is 0 Å². The highest BCUT2D eigenvalue weighted by atomic mass is 79.9. The zero-order valence-corrected chi connectivity index (χ0v) is 15.1. The molecule has 1 aromatic rings. The van der Waals surface area contributed by atoms with Crippen molar-refractivity contribution in [3.63, 3.8) is 0 Å². The topological polar surface area (TPSA) is 32.3 Å². The van der Waals surface area contributed by atoms with Gasteiger partial charge in [0.15, 0.2) is 0 Å². The fourth-order valence-corrected chi connectivity index (χ4v) is 3.06. The van der Waals surface area contributed by atoms with E-state index in [0.29, 0.717) is 5.92 Å². The highest BCUT2D eigenvalue weighted by Gasteiger charge is 2.24. The summed E-state index contributed by atoms with van der Waals surface area (Å²) in [5, 5.41) is 3.40. The number of likely N-dealkylation sites (tertiary alicyclic amines) is 1. The molecule has 0 saturated carbocycles. The first kappa shape index (κ1) is 18.5. The maximum atomic E-state index is 12.6. The molecule has 0 bridgehead atoms. The van der Waals surface area contributed by atoms with E-state index in [2.05, 4.69) is 28.2 Å². The van der Waals surface area contributed by atoms with Gasteiger partial charge in [-0.05, 0) is 56.5 Å². The minimum atomic E-state index is 0. The molecule has 1 N–H and O–H groups in total. The number of amides is 1. The normalized spacial score (nSPS) is 15.7. The molecular formula is C16H24BrClN2O. The molecule has 118 valence electrons. The van der Waals surface area contributed by atoms with E-state index in [1.54, 1.807) is 0 Å². The van der Waals surface area contributed by atoms with E-state index in [-0.39, 0.29) is 18.3 Å². The van der Waals surface area contributed by atoms with Gasteiger partial charge in [-0.1, -0.05) is 28.9 Å². The third-order valence-corrected chi connectivity index (χ3v) is 4.94. The van der Waals surface area contributed by atoms with Gasteiger partial charge in [-0.25, -0.2) is 0 Å². The predicted octanol–water partition coefficient (Wildman–Crippen LogP) is 3.64. The number of hydrogen-bond acceptors (Lipinski definition) is 2. The van der Waals surface area contributed by atoms with Crippen LogP contribution in [0.4, 0.5) is 0 Å². The van der Waals surface area contributed by atoms with Crippen LogP contribution in [0.5, 0.6) is 0 Å². The lowest BCUT2D eigenvalue weighted by Crippen LogP contribution is -2.41. The molecule has 0 radical (unpaired) electrons. The molecule has 1 heterocycles. The molecule has 0 aromatic heterocycles. The van der Waals surface area contributed by atoms with E-state index >= 15 is 0 Å². The Hall–Kier alpha value is -0.580. The molecule has 0 unspecified atom stereocenters. The summed E-state index contributed by atoms with van der Waals surface area (Å²) in [6.45, 7) is 7.98. The van der Waals surface area contributed by atoms with E-state index in [0.717, 1.165) is 54.6 Å². The number of halogens is 2. The Morgan fingerprint density at radius 1 is 1.38 bits per heavy atom. The molecule has 0 aliphatic carbocycles. The summed E-state index contributed by atoms with van der Waals surface area (Å²) in [6, 6.07) is 5.84. The fraction of sp³-hybridized carbons (Fsp3) is 0.562. The first-order valence-electron chi connectivity index (χ1n) is 7.38. The van der Waals surface area contributed by atoms with Gasteiger partial charge < -0.3 is 10.2 Å². The SMILES string of the molecule is CCNCC1CCN(C(=O)c2cccc(Br)c2C)CC1.Cl. The van der Waals surface area contributed by atoms with Crippen LogP contribution in [0.1, 0.15) is 35.7 Å². The summed E-state index contributed by atoms with van der Waals surface area (Å²) in [6.07, 6.45) is 2.21. The van der Waals surface area contributed by atoms with Crippen molar-refractivity contribution >= 4 is 34.2 Å². The summed E-state index contributed by atoms with van der Waals surface area (Å²) in [7, 11) is 0. The highest BCUT2D eigenvalue weighted by Crippen LogP contribution is 2.23. The van der Waals surface area contributed by atoms with Crippen LogP contribution < -0.4 is 5.32 Å². The summed E-state index contributed by atoms with van der Waals surface area (Å²) >= 11 is 3.50. The lowest BCUT2D eigenvalue weighted by Gasteiger charge is -2.32. The largest absolute Gasteiger partial charge is 0.339 e. The Kier molecular flexibility index (Phi) is 7.71. The van der Waals surface area contributed by atoms with Crippen LogP contribution in [-0.4, -0.2) is 37.0 Å². The summed E-state index contributed by atoms with van der Waals surface area (Å²) in [5.74, 6) is 0.883. The van der Waals surface area contributed by atoms with Gasteiger partial charge in [-0.3, -0.25) is 4.79 Å². The Labute approximate surface area is 142 Å². The second-order valence-corrected chi connectivity index (χ2v) is 6.31. The van der Waals surface area contributed by atoms with Gasteiger partial charge in [0, 0.05) is 23.1 Å². The number of carbonyl (C=O) groups is 1. The van der Waals surface area contributed by atoms with Crippen molar-refractivity contribution in [3.05, 3.63) is 33.8 Å². The first-order chi connectivity index (χ1) is 9.63. The van der Waals surface area contributed by atoms with E-state index in [1.807, 2.05) is 30.0 Å². The van der Waals surface area contributed by atoms with Crippen molar-refractivity contribution in [2.75, 3.05) is 26.2 Å². The zero-order chi connectivity index (χ0) is 14.5. The third kappa shape index (κ3) is 4.70. The van der Waals surface area contributed by atoms with Crippen molar-refractivity contribution < 1.29 is 4.79 Å². The first-order valence-corrected chi connectivity index (χ1v) is 8.18. The number of rotatable bonds is 4. The number of nitrogens with zero attached hydrogens (tertiary/aromatic N) is 1. The summed E-state index contributed by atoms with van der Waals surface area (Å²) in [4.78, 5) is 14.6. The third-order valence-electron chi connectivity index (χ3n) is 4.08. The van der Waals surface area contributed by atoms with Crippen molar-refractivity contribution in [1.29, 1.82) is 0 Å². The minimum Gasteiger partial charge on any atom is -0.339 e. The molecule has 1 saturated heterocycles. The smallest absolute Gasteiger partial charge is 0.254 e. The molecule has 5 heteroatoms. The van der Waals surface area contributed by atoms with E-state index in [4.69, 9.17) is 0 Å². The quantitative estimate of drug-likeness (QED) is 0.871. The molecule has 1 aromatic carbocycles. The van der Waals surface area contributed by atoms with Gasteiger partial charge >= 0.3 is 0 Å². The van der Waals surface area contributed by atoms with Crippen molar-refractivity contribution in [2.45, 2.75) is 26.7 Å². The molecule has 2 rings (SSSR count). The lowest BCUT2D eigenvalue weighted by molar-refractivity contribution is 0.0689. The van der Waals surface area contributed by atoms with Crippen molar-refractivity contribution in [1.82, 2.24) is 10.2 Å². The van der Waals surface area contributed by atoms with E-state index in [9.17, 15) is 4.79 Å². The standard InChI is InChI=1S/C16H23BrN2O.ClH/c1-3-18-11-13-7-9-19(10-8-13)16(20)14-5-4-6-15(17)12(14)2;/h4-6,13,18H,3,7-11H2,1-2H3;1H. The molecule has 1 fully saturated rings. The van der Waals surface area contributed by atoms with Gasteiger partial charge in [-0.2, -0.15) is 0 Å². The van der Waals surface area contributed by atoms with Gasteiger partial charge in [-0.15, -0.1) is 12.4 Å². The number of piperidine rings is 1.